The van der Waals surface area contributed by atoms with Gasteiger partial charge in [0.1, 0.15) is 11.4 Å². The molecule has 0 aliphatic carbocycles. The van der Waals surface area contributed by atoms with E-state index in [-0.39, 0.29) is 6.04 Å². The molecule has 1 saturated heterocycles. The van der Waals surface area contributed by atoms with Crippen LogP contribution in [0.4, 0.5) is 10.6 Å². The highest BCUT2D eigenvalue weighted by atomic mass is 16.6. The summed E-state index contributed by atoms with van der Waals surface area (Å²) in [5, 5.41) is 2.59. The van der Waals surface area contributed by atoms with Crippen LogP contribution in [-0.4, -0.2) is 34.5 Å². The lowest BCUT2D eigenvalue weighted by molar-refractivity contribution is -0.118. The van der Waals surface area contributed by atoms with Crippen LogP contribution in [-0.2, 0) is 9.53 Å². The molecule has 114 valence electrons. The average molecular weight is 291 g/mol. The summed E-state index contributed by atoms with van der Waals surface area (Å²) in [6.45, 7) is 6.19. The lowest BCUT2D eigenvalue weighted by atomic mass is 10.1. The van der Waals surface area contributed by atoms with Gasteiger partial charge >= 0.3 is 6.09 Å². The number of likely N-dealkylation sites (tertiary alicyclic amines) is 1. The molecule has 1 N–H and O–H groups in total. The molecule has 1 fully saturated rings. The van der Waals surface area contributed by atoms with Gasteiger partial charge in [-0.15, -0.1) is 0 Å². The molecule has 6 heteroatoms. The Morgan fingerprint density at radius 1 is 1.48 bits per heavy atom. The van der Waals surface area contributed by atoms with Crippen LogP contribution < -0.4 is 5.32 Å². The molecule has 1 aromatic heterocycles. The van der Waals surface area contributed by atoms with E-state index < -0.39 is 11.7 Å². The fourth-order valence-corrected chi connectivity index (χ4v) is 2.36. The lowest BCUT2D eigenvalue weighted by Gasteiger charge is -2.21. The number of nitrogens with one attached hydrogen (secondary N) is 1. The second kappa shape index (κ2) is 6.11. The first-order valence-corrected chi connectivity index (χ1v) is 7.06. The number of ether oxygens (including phenoxy) is 1. The van der Waals surface area contributed by atoms with Crippen molar-refractivity contribution in [3.05, 3.63) is 23.9 Å². The first-order chi connectivity index (χ1) is 9.89. The van der Waals surface area contributed by atoms with Gasteiger partial charge in [0.25, 0.3) is 0 Å². The number of hydrogen-bond acceptors (Lipinski definition) is 4. The Bertz CT molecular complexity index is 508. The van der Waals surface area contributed by atoms with Gasteiger partial charge in [0.15, 0.2) is 0 Å². The Balaban J connectivity index is 1.99. The van der Waals surface area contributed by atoms with Crippen molar-refractivity contribution in [1.29, 1.82) is 0 Å². The predicted octanol–water partition coefficient (Wildman–Crippen LogP) is 2.72. The highest BCUT2D eigenvalue weighted by Gasteiger charge is 2.24. The quantitative estimate of drug-likeness (QED) is 0.869. The Morgan fingerprint density at radius 2 is 2.24 bits per heavy atom. The third-order valence-corrected chi connectivity index (χ3v) is 3.23. The van der Waals surface area contributed by atoms with Gasteiger partial charge < -0.3 is 9.64 Å². The average Bonchev–Trinajstić information content (AvgIpc) is 2.85. The van der Waals surface area contributed by atoms with Gasteiger partial charge in [0.05, 0.1) is 6.04 Å². The molecule has 6 nitrogen and oxygen atoms in total. The second-order valence-electron chi connectivity index (χ2n) is 6.10. The SMILES string of the molecule is CC(C)(C)OC(=O)Nc1ccc(C2CCCN2C=O)cn1. The van der Waals surface area contributed by atoms with E-state index in [2.05, 4.69) is 10.3 Å². The van der Waals surface area contributed by atoms with Crippen molar-refractivity contribution in [2.24, 2.45) is 0 Å². The topological polar surface area (TPSA) is 71.5 Å². The minimum Gasteiger partial charge on any atom is -0.444 e. The zero-order valence-corrected chi connectivity index (χ0v) is 12.6. The highest BCUT2D eigenvalue weighted by molar-refractivity contribution is 5.83. The maximum absolute atomic E-state index is 11.6. The smallest absolute Gasteiger partial charge is 0.413 e. The number of anilines is 1. The zero-order valence-electron chi connectivity index (χ0n) is 12.6. The van der Waals surface area contributed by atoms with E-state index in [9.17, 15) is 9.59 Å². The molecule has 1 unspecified atom stereocenters. The third-order valence-electron chi connectivity index (χ3n) is 3.23. The van der Waals surface area contributed by atoms with Crippen LogP contribution in [0.15, 0.2) is 18.3 Å². The number of carbonyl (C=O) groups is 2. The summed E-state index contributed by atoms with van der Waals surface area (Å²) >= 11 is 0. The summed E-state index contributed by atoms with van der Waals surface area (Å²) in [4.78, 5) is 28.6. The Hall–Kier alpha value is -2.11. The van der Waals surface area contributed by atoms with Gasteiger partial charge in [-0.2, -0.15) is 0 Å². The molecule has 0 aromatic carbocycles. The van der Waals surface area contributed by atoms with E-state index in [0.29, 0.717) is 5.82 Å². The summed E-state index contributed by atoms with van der Waals surface area (Å²) in [7, 11) is 0. The van der Waals surface area contributed by atoms with Crippen molar-refractivity contribution in [2.45, 2.75) is 45.3 Å². The van der Waals surface area contributed by atoms with Gasteiger partial charge in [-0.25, -0.2) is 9.78 Å². The summed E-state index contributed by atoms with van der Waals surface area (Å²) in [6, 6.07) is 3.69. The molecule has 0 bridgehead atoms. The van der Waals surface area contributed by atoms with Crippen molar-refractivity contribution in [1.82, 2.24) is 9.88 Å². The molecule has 2 rings (SSSR count). The summed E-state index contributed by atoms with van der Waals surface area (Å²) in [5.41, 5.74) is 0.438. The standard InChI is InChI=1S/C15H21N3O3/c1-15(2,3)21-14(20)17-13-7-6-11(9-16-13)12-5-4-8-18(12)10-19/h6-7,9-10,12H,4-5,8H2,1-3H3,(H,16,17,20). The fraction of sp³-hybridized carbons (Fsp3) is 0.533. The van der Waals surface area contributed by atoms with Crippen LogP contribution in [0.3, 0.4) is 0 Å². The Labute approximate surface area is 124 Å². The number of hydrogen-bond donors (Lipinski definition) is 1. The molecule has 1 aliphatic rings. The lowest BCUT2D eigenvalue weighted by Crippen LogP contribution is -2.27. The van der Waals surface area contributed by atoms with Crippen molar-refractivity contribution in [2.75, 3.05) is 11.9 Å². The first-order valence-electron chi connectivity index (χ1n) is 7.06. The normalized spacial score (nSPS) is 18.4. The number of amides is 2. The molecule has 2 heterocycles. The molecule has 0 saturated carbocycles. The van der Waals surface area contributed by atoms with Crippen LogP contribution >= 0.6 is 0 Å². The van der Waals surface area contributed by atoms with Gasteiger partial charge in [0, 0.05) is 12.7 Å². The van der Waals surface area contributed by atoms with Crippen molar-refractivity contribution in [3.63, 3.8) is 0 Å². The number of nitrogens with zero attached hydrogens (tertiary/aromatic N) is 2. The maximum atomic E-state index is 11.6. The molecule has 2 amide bonds. The van der Waals surface area contributed by atoms with Crippen LogP contribution in [0.1, 0.15) is 45.2 Å². The summed E-state index contributed by atoms with van der Waals surface area (Å²) in [6.07, 6.45) is 3.99. The summed E-state index contributed by atoms with van der Waals surface area (Å²) < 4.78 is 5.16. The molecule has 21 heavy (non-hydrogen) atoms. The first kappa shape index (κ1) is 15.3. The molecular weight excluding hydrogens is 270 g/mol. The van der Waals surface area contributed by atoms with Crippen molar-refractivity contribution >= 4 is 18.3 Å². The van der Waals surface area contributed by atoms with Gasteiger partial charge in [0.2, 0.25) is 6.41 Å². The monoisotopic (exact) mass is 291 g/mol. The van der Waals surface area contributed by atoms with Crippen LogP contribution in [0, 0.1) is 0 Å². The number of rotatable bonds is 3. The fourth-order valence-electron chi connectivity index (χ4n) is 2.36. The van der Waals surface area contributed by atoms with Crippen LogP contribution in [0.5, 0.6) is 0 Å². The van der Waals surface area contributed by atoms with Crippen molar-refractivity contribution < 1.29 is 14.3 Å². The second-order valence-corrected chi connectivity index (χ2v) is 6.10. The maximum Gasteiger partial charge on any atom is 0.413 e. The molecule has 0 radical (unpaired) electrons. The largest absolute Gasteiger partial charge is 0.444 e. The summed E-state index contributed by atoms with van der Waals surface area (Å²) in [5.74, 6) is 0.434. The third kappa shape index (κ3) is 4.18. The number of pyridine rings is 1. The Kier molecular flexibility index (Phi) is 4.45. The van der Waals surface area contributed by atoms with E-state index in [0.717, 1.165) is 31.4 Å². The Morgan fingerprint density at radius 3 is 2.81 bits per heavy atom. The molecule has 1 aromatic rings. The molecular formula is C15H21N3O3. The van der Waals surface area contributed by atoms with Gasteiger partial charge in [-0.3, -0.25) is 10.1 Å². The van der Waals surface area contributed by atoms with Gasteiger partial charge in [-0.1, -0.05) is 6.07 Å². The number of carbonyl (C=O) groups excluding carboxylic acids is 2. The molecule has 1 atom stereocenters. The van der Waals surface area contributed by atoms with E-state index in [4.69, 9.17) is 4.74 Å². The van der Waals surface area contributed by atoms with E-state index in [1.807, 2.05) is 6.07 Å². The zero-order chi connectivity index (χ0) is 15.5. The van der Waals surface area contributed by atoms with E-state index in [1.54, 1.807) is 37.9 Å². The predicted molar refractivity (Wildman–Crippen MR) is 78.8 cm³/mol. The minimum absolute atomic E-state index is 0.0885. The van der Waals surface area contributed by atoms with Crippen molar-refractivity contribution in [3.8, 4) is 0 Å². The number of aromatic nitrogens is 1. The molecule has 0 spiro atoms. The van der Waals surface area contributed by atoms with Crippen LogP contribution in [0.2, 0.25) is 0 Å². The van der Waals surface area contributed by atoms with E-state index >= 15 is 0 Å². The van der Waals surface area contributed by atoms with E-state index in [1.165, 1.54) is 0 Å². The minimum atomic E-state index is -0.543. The highest BCUT2D eigenvalue weighted by Crippen LogP contribution is 2.30. The van der Waals surface area contributed by atoms with Gasteiger partial charge in [-0.05, 0) is 45.2 Å². The van der Waals surface area contributed by atoms with Crippen LogP contribution in [0.25, 0.3) is 0 Å². The molecule has 1 aliphatic heterocycles.